The molecule has 1 spiro atoms. The van der Waals surface area contributed by atoms with Crippen molar-refractivity contribution in [1.29, 1.82) is 0 Å². The number of ketones is 2. The van der Waals surface area contributed by atoms with Gasteiger partial charge in [-0.1, -0.05) is 71.7 Å². The van der Waals surface area contributed by atoms with Gasteiger partial charge in [-0.2, -0.15) is 0 Å². The molecule has 2 amide bonds. The molecule has 0 aromatic heterocycles. The molecule has 174 valence electrons. The summed E-state index contributed by atoms with van der Waals surface area (Å²) in [5.74, 6) is -4.81. The number of carbonyl (C=O) groups excluding carboxylic acids is 4. The minimum Gasteiger partial charge on any atom is -0.349 e. The first-order valence-corrected chi connectivity index (χ1v) is 11.8. The maximum Gasteiger partial charge on any atom is 0.241 e. The lowest BCUT2D eigenvalue weighted by Gasteiger charge is -2.27. The molecule has 6 nitrogen and oxygen atoms in total. The van der Waals surface area contributed by atoms with Crippen molar-refractivity contribution in [3.63, 3.8) is 0 Å². The summed E-state index contributed by atoms with van der Waals surface area (Å²) >= 11 is 12.2. The van der Waals surface area contributed by atoms with E-state index in [2.05, 4.69) is 0 Å². The smallest absolute Gasteiger partial charge is 0.241 e. The summed E-state index contributed by atoms with van der Waals surface area (Å²) in [7, 11) is 0. The van der Waals surface area contributed by atoms with Gasteiger partial charge in [-0.25, -0.2) is 4.90 Å². The second kappa shape index (κ2) is 7.59. The summed E-state index contributed by atoms with van der Waals surface area (Å²) < 4.78 is 6.30. The average molecular weight is 506 g/mol. The number of Topliss-reactive ketones (excluding diaryl/α,β-unsaturated/α-hetero) is 2. The highest BCUT2D eigenvalue weighted by Gasteiger charge is 2.74. The van der Waals surface area contributed by atoms with Gasteiger partial charge in [0.15, 0.2) is 0 Å². The molecule has 2 aliphatic heterocycles. The van der Waals surface area contributed by atoms with Crippen LogP contribution < -0.4 is 4.90 Å². The van der Waals surface area contributed by atoms with E-state index in [0.29, 0.717) is 5.56 Å². The van der Waals surface area contributed by atoms with Crippen molar-refractivity contribution >= 4 is 52.3 Å². The van der Waals surface area contributed by atoms with Gasteiger partial charge in [0.2, 0.25) is 29.0 Å². The van der Waals surface area contributed by atoms with Gasteiger partial charge in [0, 0.05) is 11.1 Å². The van der Waals surface area contributed by atoms with E-state index in [-0.39, 0.29) is 26.9 Å². The lowest BCUT2D eigenvalue weighted by molar-refractivity contribution is -0.127. The zero-order valence-electron chi connectivity index (χ0n) is 18.3. The van der Waals surface area contributed by atoms with E-state index < -0.39 is 46.9 Å². The molecule has 2 heterocycles. The third kappa shape index (κ3) is 2.82. The molecule has 2 saturated heterocycles. The van der Waals surface area contributed by atoms with Crippen molar-refractivity contribution in [3.8, 4) is 0 Å². The SMILES string of the molecule is Cc1ccccc1[C@H]1OC2(C(=O)c3ccccc3C2=O)[C@@H]2C(=O)N(c3ccc(Cl)c(Cl)c3)C(=O)[C@H]12. The standard InChI is InChI=1S/C27H17Cl2NO5/c1-13-6-2-3-7-15(13)22-20-21(26(34)30(25(20)33)14-10-11-18(28)19(29)12-14)27(35-22)23(31)16-8-4-5-9-17(16)24(27)32/h2-12,20-22H,1H3/t20-,21-,22+/m0/s1. The van der Waals surface area contributed by atoms with Gasteiger partial charge in [0.1, 0.15) is 0 Å². The predicted octanol–water partition coefficient (Wildman–Crippen LogP) is 5.00. The number of benzene rings is 3. The van der Waals surface area contributed by atoms with Crippen LogP contribution in [0, 0.1) is 18.8 Å². The molecule has 3 aliphatic rings. The minimum absolute atomic E-state index is 0.170. The molecule has 3 aromatic carbocycles. The molecule has 0 radical (unpaired) electrons. The first-order chi connectivity index (χ1) is 16.8. The molecule has 0 unspecified atom stereocenters. The van der Waals surface area contributed by atoms with E-state index in [1.54, 1.807) is 36.4 Å². The fraction of sp³-hybridized carbons (Fsp3) is 0.185. The van der Waals surface area contributed by atoms with Crippen LogP contribution in [0.25, 0.3) is 0 Å². The van der Waals surface area contributed by atoms with Crippen LogP contribution in [0.4, 0.5) is 5.69 Å². The number of nitrogens with zero attached hydrogens (tertiary/aromatic N) is 1. The summed E-state index contributed by atoms with van der Waals surface area (Å²) in [5.41, 5.74) is -0.0494. The molecule has 3 aromatic rings. The largest absolute Gasteiger partial charge is 0.349 e. The molecule has 0 bridgehead atoms. The second-order valence-electron chi connectivity index (χ2n) is 8.95. The molecule has 0 N–H and O–H groups in total. The normalized spacial score (nSPS) is 24.4. The maximum absolute atomic E-state index is 13.9. The lowest BCUT2D eigenvalue weighted by atomic mass is 9.77. The van der Waals surface area contributed by atoms with Crippen LogP contribution in [-0.4, -0.2) is 29.0 Å². The van der Waals surface area contributed by atoms with Crippen LogP contribution in [0.5, 0.6) is 0 Å². The Bertz CT molecular complexity index is 1450. The van der Waals surface area contributed by atoms with Crippen molar-refractivity contribution in [1.82, 2.24) is 0 Å². The van der Waals surface area contributed by atoms with Gasteiger partial charge in [0.05, 0.1) is 33.7 Å². The molecule has 3 atom stereocenters. The topological polar surface area (TPSA) is 80.8 Å². The van der Waals surface area contributed by atoms with E-state index >= 15 is 0 Å². The number of hydrogen-bond acceptors (Lipinski definition) is 5. The van der Waals surface area contributed by atoms with Crippen LogP contribution in [0.3, 0.4) is 0 Å². The van der Waals surface area contributed by atoms with Gasteiger partial charge in [-0.05, 0) is 36.2 Å². The van der Waals surface area contributed by atoms with E-state index in [1.807, 2.05) is 19.1 Å². The Hall–Kier alpha value is -3.32. The Morgan fingerprint density at radius 1 is 0.800 bits per heavy atom. The molecule has 0 saturated carbocycles. The van der Waals surface area contributed by atoms with Gasteiger partial charge in [-0.3, -0.25) is 19.2 Å². The monoisotopic (exact) mass is 505 g/mol. The summed E-state index contributed by atoms with van der Waals surface area (Å²) in [5, 5.41) is 0.438. The van der Waals surface area contributed by atoms with Gasteiger partial charge >= 0.3 is 0 Å². The van der Waals surface area contributed by atoms with Crippen LogP contribution in [0.1, 0.15) is 37.9 Å². The summed E-state index contributed by atoms with van der Waals surface area (Å²) in [6.45, 7) is 1.85. The molecule has 1 aliphatic carbocycles. The van der Waals surface area contributed by atoms with Gasteiger partial charge in [0.25, 0.3) is 0 Å². The Balaban J connectivity index is 1.56. The highest BCUT2D eigenvalue weighted by molar-refractivity contribution is 6.42. The number of aryl methyl sites for hydroxylation is 1. The summed E-state index contributed by atoms with van der Waals surface area (Å²) in [6, 6.07) is 18.1. The maximum atomic E-state index is 13.9. The number of halogens is 2. The van der Waals surface area contributed by atoms with Crippen molar-refractivity contribution in [2.45, 2.75) is 18.6 Å². The fourth-order valence-electron chi connectivity index (χ4n) is 5.58. The Morgan fingerprint density at radius 3 is 2.06 bits per heavy atom. The zero-order valence-corrected chi connectivity index (χ0v) is 19.8. The third-order valence-electron chi connectivity index (χ3n) is 7.18. The van der Waals surface area contributed by atoms with Gasteiger partial charge in [-0.15, -0.1) is 0 Å². The average Bonchev–Trinajstić information content (AvgIpc) is 3.41. The lowest BCUT2D eigenvalue weighted by Crippen LogP contribution is -2.51. The van der Waals surface area contributed by atoms with E-state index in [4.69, 9.17) is 27.9 Å². The number of rotatable bonds is 2. The van der Waals surface area contributed by atoms with Crippen molar-refractivity contribution in [3.05, 3.63) is 99.0 Å². The number of ether oxygens (including phenoxy) is 1. The number of imide groups is 1. The molecule has 2 fully saturated rings. The minimum atomic E-state index is -2.11. The van der Waals surface area contributed by atoms with Crippen LogP contribution in [0.15, 0.2) is 66.7 Å². The van der Waals surface area contributed by atoms with Crippen LogP contribution >= 0.6 is 23.2 Å². The molecular weight excluding hydrogens is 489 g/mol. The number of anilines is 1. The summed E-state index contributed by atoms with van der Waals surface area (Å²) in [6.07, 6.45) is -0.965. The van der Waals surface area contributed by atoms with Gasteiger partial charge < -0.3 is 4.74 Å². The molecule has 6 rings (SSSR count). The van der Waals surface area contributed by atoms with E-state index in [1.165, 1.54) is 18.2 Å². The number of fused-ring (bicyclic) bond motifs is 3. The number of carbonyl (C=O) groups is 4. The van der Waals surface area contributed by atoms with E-state index in [9.17, 15) is 19.2 Å². The van der Waals surface area contributed by atoms with E-state index in [0.717, 1.165) is 10.5 Å². The first-order valence-electron chi connectivity index (χ1n) is 11.0. The first kappa shape index (κ1) is 22.2. The van der Waals surface area contributed by atoms with Crippen molar-refractivity contribution in [2.75, 3.05) is 4.90 Å². The predicted molar refractivity (Wildman–Crippen MR) is 129 cm³/mol. The Morgan fingerprint density at radius 2 is 1.43 bits per heavy atom. The molecule has 8 heteroatoms. The Kier molecular flexibility index (Phi) is 4.81. The zero-order chi connectivity index (χ0) is 24.6. The van der Waals surface area contributed by atoms with Crippen LogP contribution in [0.2, 0.25) is 10.0 Å². The molecule has 35 heavy (non-hydrogen) atoms. The Labute approximate surface area is 210 Å². The highest BCUT2D eigenvalue weighted by Crippen LogP contribution is 2.58. The number of amides is 2. The highest BCUT2D eigenvalue weighted by atomic mass is 35.5. The quantitative estimate of drug-likeness (QED) is 0.361. The second-order valence-corrected chi connectivity index (χ2v) is 9.76. The fourth-order valence-corrected chi connectivity index (χ4v) is 5.88. The number of hydrogen-bond donors (Lipinski definition) is 0. The van der Waals surface area contributed by atoms with Crippen LogP contribution in [-0.2, 0) is 14.3 Å². The third-order valence-corrected chi connectivity index (χ3v) is 7.91. The van der Waals surface area contributed by atoms with Crippen molar-refractivity contribution < 1.29 is 23.9 Å². The molecular formula is C27H17Cl2NO5. The summed E-state index contributed by atoms with van der Waals surface area (Å²) in [4.78, 5) is 56.3. The van der Waals surface area contributed by atoms with Crippen molar-refractivity contribution in [2.24, 2.45) is 11.8 Å².